The van der Waals surface area contributed by atoms with Crippen molar-refractivity contribution in [2.75, 3.05) is 0 Å². The van der Waals surface area contributed by atoms with E-state index in [-0.39, 0.29) is 24.8 Å². The van der Waals surface area contributed by atoms with E-state index in [1.54, 1.807) is 20.0 Å². The molecule has 0 N–H and O–H groups in total. The second kappa shape index (κ2) is 9.38. The molecule has 0 aliphatic heterocycles. The first-order chi connectivity index (χ1) is 12.8. The summed E-state index contributed by atoms with van der Waals surface area (Å²) in [7, 11) is 0. The Morgan fingerprint density at radius 3 is 2.32 bits per heavy atom. The first kappa shape index (κ1) is 21.9. The third-order valence-electron chi connectivity index (χ3n) is 6.24. The van der Waals surface area contributed by atoms with Gasteiger partial charge in [-0.15, -0.1) is 24.8 Å². The summed E-state index contributed by atoms with van der Waals surface area (Å²) >= 11 is -0.665. The standard InChI is InChI=1S/C19H15.C6H10.2ClH.Zr/c1-13-5-4-8-17(13)15-9-10-19-16(12-15)11-14-6-2-3-7-18(14)19;1-2-4-6-5-3-1;;;/h2-7,9-10H,8,11H2,1H3;1-5H2;2*1H;. The Bertz CT molecular complexity index is 974. The molecule has 3 aliphatic carbocycles. The van der Waals surface area contributed by atoms with Crippen LogP contribution in [0.5, 0.6) is 0 Å². The molecule has 0 heterocycles. The molecule has 1 fully saturated rings. The molecule has 3 aliphatic rings. The summed E-state index contributed by atoms with van der Waals surface area (Å²) in [5.41, 5.74) is 10.9. The van der Waals surface area contributed by atoms with Crippen LogP contribution in [0.3, 0.4) is 0 Å². The fourth-order valence-corrected chi connectivity index (χ4v) is 9.00. The Balaban J connectivity index is 0.00000112. The molecule has 0 spiro atoms. The van der Waals surface area contributed by atoms with Crippen LogP contribution >= 0.6 is 24.8 Å². The molecular weight excluding hydrogens is 462 g/mol. The number of halogens is 2. The second-order valence-electron chi connectivity index (χ2n) is 7.91. The minimum absolute atomic E-state index is 0. The van der Waals surface area contributed by atoms with Crippen LogP contribution in [0.15, 0.2) is 54.1 Å². The van der Waals surface area contributed by atoms with Gasteiger partial charge in [-0.2, -0.15) is 0 Å². The van der Waals surface area contributed by atoms with E-state index in [9.17, 15) is 0 Å². The molecule has 0 amide bonds. The summed E-state index contributed by atoms with van der Waals surface area (Å²) in [6.07, 6.45) is 14.1. The summed E-state index contributed by atoms with van der Waals surface area (Å²) < 4.78 is 3.76. The van der Waals surface area contributed by atoms with E-state index in [2.05, 4.69) is 55.5 Å². The fraction of sp³-hybridized carbons (Fsp3) is 0.320. The van der Waals surface area contributed by atoms with Gasteiger partial charge in [0.25, 0.3) is 0 Å². The number of hydrogen-bond donors (Lipinski definition) is 0. The van der Waals surface area contributed by atoms with Crippen molar-refractivity contribution in [3.63, 3.8) is 0 Å². The monoisotopic (exact) mass is 487 g/mol. The molecule has 2 aromatic carbocycles. The van der Waals surface area contributed by atoms with Gasteiger partial charge in [0.15, 0.2) is 0 Å². The maximum absolute atomic E-state index is 2.46. The van der Waals surface area contributed by atoms with E-state index >= 15 is 0 Å². The molecule has 0 unspecified atom stereocenters. The normalized spacial score (nSPS) is 16.8. The van der Waals surface area contributed by atoms with Gasteiger partial charge < -0.3 is 0 Å². The van der Waals surface area contributed by atoms with E-state index in [4.69, 9.17) is 0 Å². The predicted molar refractivity (Wildman–Crippen MR) is 123 cm³/mol. The van der Waals surface area contributed by atoms with Gasteiger partial charge in [-0.05, 0) is 0 Å². The van der Waals surface area contributed by atoms with Crippen molar-refractivity contribution in [1.82, 2.24) is 0 Å². The first-order valence-corrected chi connectivity index (χ1v) is 12.5. The fourth-order valence-electron chi connectivity index (χ4n) is 4.82. The van der Waals surface area contributed by atoms with Crippen LogP contribution in [0.1, 0.15) is 62.1 Å². The molecule has 0 atom stereocenters. The molecule has 0 radical (unpaired) electrons. The Hall–Kier alpha value is -0.747. The molecule has 28 heavy (non-hydrogen) atoms. The van der Waals surface area contributed by atoms with Gasteiger partial charge in [0, 0.05) is 0 Å². The van der Waals surface area contributed by atoms with Gasteiger partial charge in [0.05, 0.1) is 0 Å². The first-order valence-electron chi connectivity index (χ1n) is 10.0. The predicted octanol–water partition coefficient (Wildman–Crippen LogP) is 6.68. The summed E-state index contributed by atoms with van der Waals surface area (Å²) in [6, 6.07) is 13.9. The van der Waals surface area contributed by atoms with Crippen LogP contribution in [0, 0.1) is 0 Å². The van der Waals surface area contributed by atoms with Crippen molar-refractivity contribution in [1.29, 1.82) is 0 Å². The maximum Gasteiger partial charge on any atom is -0.147 e. The summed E-state index contributed by atoms with van der Waals surface area (Å²) in [6.45, 7) is 2.30. The van der Waals surface area contributed by atoms with Crippen LogP contribution in [-0.2, 0) is 29.2 Å². The number of rotatable bonds is 2. The summed E-state index contributed by atoms with van der Waals surface area (Å²) in [4.78, 5) is 0. The van der Waals surface area contributed by atoms with Gasteiger partial charge in [-0.25, -0.2) is 0 Å². The molecule has 0 bridgehead atoms. The van der Waals surface area contributed by atoms with Crippen LogP contribution < -0.4 is 3.27 Å². The van der Waals surface area contributed by atoms with Gasteiger partial charge in [0.2, 0.25) is 0 Å². The summed E-state index contributed by atoms with van der Waals surface area (Å²) in [5.74, 6) is 0. The van der Waals surface area contributed by atoms with E-state index in [0.29, 0.717) is 0 Å². The summed E-state index contributed by atoms with van der Waals surface area (Å²) in [5, 5.41) is 0. The topological polar surface area (TPSA) is 0 Å². The minimum atomic E-state index is -0.665. The van der Waals surface area contributed by atoms with Crippen molar-refractivity contribution < 1.29 is 22.8 Å². The third-order valence-corrected chi connectivity index (χ3v) is 10.4. The molecular formula is C25H27Cl2Zr. The molecule has 0 aromatic heterocycles. The zero-order chi connectivity index (χ0) is 17.5. The largest absolute Gasteiger partial charge is 0.147 e. The van der Waals surface area contributed by atoms with Crippen LogP contribution in [-0.4, -0.2) is 3.21 Å². The van der Waals surface area contributed by atoms with Crippen LogP contribution in [0.25, 0.3) is 16.7 Å². The smallest absolute Gasteiger partial charge is 0.147 e. The number of fused-ring (bicyclic) bond motifs is 3. The SMILES string of the molecule is CC1=C(c2ccc3c([c]2[Zr]=[C]2CCCCC2)Cc2ccccc2-3)CC=C1.Cl.Cl. The quantitative estimate of drug-likeness (QED) is 0.377. The Morgan fingerprint density at radius 1 is 0.821 bits per heavy atom. The average molecular weight is 490 g/mol. The van der Waals surface area contributed by atoms with Crippen molar-refractivity contribution in [3.05, 3.63) is 70.8 Å². The number of allylic oxidation sites excluding steroid dienone is 4. The zero-order valence-corrected chi connectivity index (χ0v) is 20.5. The molecule has 5 rings (SSSR count). The van der Waals surface area contributed by atoms with Crippen molar-refractivity contribution in [3.8, 4) is 11.1 Å². The molecule has 0 saturated heterocycles. The Kier molecular flexibility index (Phi) is 7.35. The molecule has 1 saturated carbocycles. The zero-order valence-electron chi connectivity index (χ0n) is 16.4. The second-order valence-corrected chi connectivity index (χ2v) is 11.5. The molecule has 3 heteroatoms. The van der Waals surface area contributed by atoms with Gasteiger partial charge in [-0.1, -0.05) is 0 Å². The molecule has 0 nitrogen and oxygen atoms in total. The minimum Gasteiger partial charge on any atom is -0.147 e. The maximum atomic E-state index is 2.46. The Morgan fingerprint density at radius 2 is 1.57 bits per heavy atom. The van der Waals surface area contributed by atoms with E-state index < -0.39 is 22.8 Å². The number of hydrogen-bond acceptors (Lipinski definition) is 0. The van der Waals surface area contributed by atoms with E-state index in [1.807, 2.05) is 3.21 Å². The van der Waals surface area contributed by atoms with Gasteiger partial charge >= 0.3 is 169 Å². The van der Waals surface area contributed by atoms with Crippen LogP contribution in [0.4, 0.5) is 0 Å². The molecule has 145 valence electrons. The van der Waals surface area contributed by atoms with Gasteiger partial charge in [0.1, 0.15) is 0 Å². The Labute approximate surface area is 192 Å². The average Bonchev–Trinajstić information content (AvgIpc) is 3.26. The van der Waals surface area contributed by atoms with E-state index in [0.717, 1.165) is 12.8 Å². The van der Waals surface area contributed by atoms with E-state index in [1.165, 1.54) is 54.4 Å². The third kappa shape index (κ3) is 3.96. The van der Waals surface area contributed by atoms with Crippen molar-refractivity contribution >= 4 is 36.9 Å². The van der Waals surface area contributed by atoms with Crippen molar-refractivity contribution in [2.45, 2.75) is 51.9 Å². The van der Waals surface area contributed by atoms with Crippen LogP contribution in [0.2, 0.25) is 0 Å². The number of benzene rings is 2. The van der Waals surface area contributed by atoms with Crippen molar-refractivity contribution in [2.24, 2.45) is 0 Å². The van der Waals surface area contributed by atoms with Gasteiger partial charge in [-0.3, -0.25) is 0 Å². The molecule has 2 aromatic rings.